The topological polar surface area (TPSA) is 43.8 Å². The van der Waals surface area contributed by atoms with E-state index in [0.717, 1.165) is 23.4 Å². The zero-order chi connectivity index (χ0) is 14.9. The molecule has 0 radical (unpaired) electrons. The van der Waals surface area contributed by atoms with E-state index < -0.39 is 0 Å². The van der Waals surface area contributed by atoms with Crippen LogP contribution in [0.4, 0.5) is 4.39 Å². The number of nitrogens with zero attached hydrogens (tertiary/aromatic N) is 2. The van der Waals surface area contributed by atoms with E-state index in [1.165, 1.54) is 6.07 Å². The minimum atomic E-state index is -0.307. The predicted molar refractivity (Wildman–Crippen MR) is 79.6 cm³/mol. The second kappa shape index (κ2) is 5.94. The Morgan fingerprint density at radius 1 is 1.35 bits per heavy atom. The van der Waals surface area contributed by atoms with Crippen LogP contribution in [0.5, 0.6) is 0 Å². The van der Waals surface area contributed by atoms with E-state index in [9.17, 15) is 4.39 Å². The molecule has 0 spiro atoms. The highest BCUT2D eigenvalue weighted by atomic mass is 35.5. The minimum absolute atomic E-state index is 0.0714. The molecule has 5 heteroatoms. The van der Waals surface area contributed by atoms with Gasteiger partial charge in [0.1, 0.15) is 5.82 Å². The molecule has 2 aromatic rings. The molecule has 0 saturated carbocycles. The maximum absolute atomic E-state index is 13.8. The van der Waals surface area contributed by atoms with Crippen LogP contribution in [0.2, 0.25) is 5.02 Å². The van der Waals surface area contributed by atoms with Crippen LogP contribution in [0.15, 0.2) is 18.2 Å². The molecule has 1 unspecified atom stereocenters. The maximum Gasteiger partial charge on any atom is 0.129 e. The summed E-state index contributed by atoms with van der Waals surface area (Å²) in [7, 11) is 0. The Labute approximate surface area is 123 Å². The Balaban J connectivity index is 2.35. The number of nitrogens with two attached hydrogens (primary N) is 1. The van der Waals surface area contributed by atoms with Gasteiger partial charge in [0, 0.05) is 22.3 Å². The van der Waals surface area contributed by atoms with Gasteiger partial charge in [0.2, 0.25) is 0 Å². The van der Waals surface area contributed by atoms with Crippen molar-refractivity contribution in [3.8, 4) is 0 Å². The number of benzene rings is 1. The maximum atomic E-state index is 13.8. The van der Waals surface area contributed by atoms with Crippen molar-refractivity contribution < 1.29 is 4.39 Å². The van der Waals surface area contributed by atoms with Crippen molar-refractivity contribution in [2.75, 3.05) is 0 Å². The van der Waals surface area contributed by atoms with Crippen LogP contribution >= 0.6 is 11.6 Å². The summed E-state index contributed by atoms with van der Waals surface area (Å²) >= 11 is 6.06. The van der Waals surface area contributed by atoms with Gasteiger partial charge >= 0.3 is 0 Å². The largest absolute Gasteiger partial charge is 0.328 e. The molecule has 1 heterocycles. The van der Waals surface area contributed by atoms with Crippen molar-refractivity contribution in [3.63, 3.8) is 0 Å². The summed E-state index contributed by atoms with van der Waals surface area (Å²) in [6.07, 6.45) is 0.767. The molecule has 2 N–H and O–H groups in total. The second-order valence-electron chi connectivity index (χ2n) is 5.19. The second-order valence-corrected chi connectivity index (χ2v) is 5.60. The van der Waals surface area contributed by atoms with Gasteiger partial charge in [0.25, 0.3) is 0 Å². The standard InChI is InChI=1S/C15H19ClFN3/c1-9(18)7-12-10(2)19-20(11(12)3)8-13-14(16)5-4-6-15(13)17/h4-6,9H,7-8,18H2,1-3H3. The Kier molecular flexibility index (Phi) is 4.45. The van der Waals surface area contributed by atoms with Crippen molar-refractivity contribution in [2.45, 2.75) is 39.8 Å². The Morgan fingerprint density at radius 2 is 2.05 bits per heavy atom. The average Bonchev–Trinajstić information content (AvgIpc) is 2.61. The van der Waals surface area contributed by atoms with Crippen LogP contribution < -0.4 is 5.73 Å². The molecule has 0 fully saturated rings. The van der Waals surface area contributed by atoms with Gasteiger partial charge in [-0.05, 0) is 44.9 Å². The first-order valence-electron chi connectivity index (χ1n) is 6.61. The lowest BCUT2D eigenvalue weighted by atomic mass is 10.1. The quantitative estimate of drug-likeness (QED) is 0.941. The van der Waals surface area contributed by atoms with Crippen molar-refractivity contribution in [3.05, 3.63) is 51.6 Å². The van der Waals surface area contributed by atoms with E-state index >= 15 is 0 Å². The van der Waals surface area contributed by atoms with E-state index in [2.05, 4.69) is 5.10 Å². The molecule has 1 aromatic heterocycles. The number of aryl methyl sites for hydroxylation is 1. The van der Waals surface area contributed by atoms with Gasteiger partial charge in [-0.2, -0.15) is 5.10 Å². The normalized spacial score (nSPS) is 12.7. The van der Waals surface area contributed by atoms with Crippen molar-refractivity contribution >= 4 is 11.6 Å². The third kappa shape index (κ3) is 3.02. The van der Waals surface area contributed by atoms with Gasteiger partial charge < -0.3 is 5.73 Å². The monoisotopic (exact) mass is 295 g/mol. The minimum Gasteiger partial charge on any atom is -0.328 e. The number of hydrogen-bond acceptors (Lipinski definition) is 2. The molecule has 0 amide bonds. The summed E-state index contributed by atoms with van der Waals surface area (Å²) in [4.78, 5) is 0. The fraction of sp³-hybridized carbons (Fsp3) is 0.400. The van der Waals surface area contributed by atoms with E-state index in [1.807, 2.05) is 20.8 Å². The summed E-state index contributed by atoms with van der Waals surface area (Å²) in [6.45, 7) is 6.22. The summed E-state index contributed by atoms with van der Waals surface area (Å²) in [5.74, 6) is -0.307. The molecule has 20 heavy (non-hydrogen) atoms. The first kappa shape index (κ1) is 15.0. The van der Waals surface area contributed by atoms with Gasteiger partial charge in [0.15, 0.2) is 0 Å². The van der Waals surface area contributed by atoms with E-state index in [0.29, 0.717) is 17.1 Å². The fourth-order valence-electron chi connectivity index (χ4n) is 2.34. The summed E-state index contributed by atoms with van der Waals surface area (Å²) in [5.41, 5.74) is 9.40. The van der Waals surface area contributed by atoms with Crippen LogP contribution in [-0.4, -0.2) is 15.8 Å². The Morgan fingerprint density at radius 3 is 2.65 bits per heavy atom. The third-order valence-corrected chi connectivity index (χ3v) is 3.78. The lowest BCUT2D eigenvalue weighted by Gasteiger charge is -2.09. The van der Waals surface area contributed by atoms with Gasteiger partial charge in [-0.3, -0.25) is 4.68 Å². The van der Waals surface area contributed by atoms with E-state index in [4.69, 9.17) is 17.3 Å². The van der Waals surface area contributed by atoms with Crippen LogP contribution in [0.3, 0.4) is 0 Å². The summed E-state index contributed by atoms with van der Waals surface area (Å²) in [5, 5.41) is 4.90. The molecule has 3 nitrogen and oxygen atoms in total. The highest BCUT2D eigenvalue weighted by Crippen LogP contribution is 2.22. The van der Waals surface area contributed by atoms with Crippen molar-refractivity contribution in [1.82, 2.24) is 9.78 Å². The lowest BCUT2D eigenvalue weighted by molar-refractivity contribution is 0.578. The zero-order valence-corrected chi connectivity index (χ0v) is 12.7. The van der Waals surface area contributed by atoms with Gasteiger partial charge in [-0.1, -0.05) is 17.7 Å². The number of halogens is 2. The highest BCUT2D eigenvalue weighted by molar-refractivity contribution is 6.31. The van der Waals surface area contributed by atoms with Crippen LogP contribution in [0, 0.1) is 19.7 Å². The molecule has 0 saturated heterocycles. The molecule has 1 atom stereocenters. The van der Waals surface area contributed by atoms with Crippen LogP contribution in [0.25, 0.3) is 0 Å². The molecule has 0 aliphatic heterocycles. The summed E-state index contributed by atoms with van der Waals surface area (Å²) < 4.78 is 15.6. The van der Waals surface area contributed by atoms with Crippen molar-refractivity contribution in [2.24, 2.45) is 5.73 Å². The van der Waals surface area contributed by atoms with E-state index in [-0.39, 0.29) is 11.9 Å². The SMILES string of the molecule is Cc1nn(Cc2c(F)cccc2Cl)c(C)c1CC(C)N. The smallest absolute Gasteiger partial charge is 0.129 e. The molecule has 108 valence electrons. The summed E-state index contributed by atoms with van der Waals surface area (Å²) in [6, 6.07) is 4.77. The predicted octanol–water partition coefficient (Wildman–Crippen LogP) is 3.23. The Hall–Kier alpha value is -1.39. The molecule has 0 bridgehead atoms. The van der Waals surface area contributed by atoms with Crippen molar-refractivity contribution in [1.29, 1.82) is 0 Å². The number of hydrogen-bond donors (Lipinski definition) is 1. The highest BCUT2D eigenvalue weighted by Gasteiger charge is 2.15. The average molecular weight is 296 g/mol. The third-order valence-electron chi connectivity index (χ3n) is 3.43. The molecule has 1 aromatic carbocycles. The first-order chi connectivity index (χ1) is 9.40. The number of aromatic nitrogens is 2. The number of rotatable bonds is 4. The zero-order valence-electron chi connectivity index (χ0n) is 12.0. The molecule has 0 aliphatic carbocycles. The molecule has 2 rings (SSSR count). The van der Waals surface area contributed by atoms with Gasteiger partial charge in [0.05, 0.1) is 12.2 Å². The first-order valence-corrected chi connectivity index (χ1v) is 6.99. The lowest BCUT2D eigenvalue weighted by Crippen LogP contribution is -2.18. The molecular formula is C15H19ClFN3. The van der Waals surface area contributed by atoms with Crippen LogP contribution in [0.1, 0.15) is 29.4 Å². The van der Waals surface area contributed by atoms with Gasteiger partial charge in [-0.25, -0.2) is 4.39 Å². The van der Waals surface area contributed by atoms with Gasteiger partial charge in [-0.15, -0.1) is 0 Å². The fourth-order valence-corrected chi connectivity index (χ4v) is 2.56. The van der Waals surface area contributed by atoms with E-state index in [1.54, 1.807) is 16.8 Å². The molecule has 0 aliphatic rings. The molecular weight excluding hydrogens is 277 g/mol. The van der Waals surface area contributed by atoms with Crippen LogP contribution in [-0.2, 0) is 13.0 Å². The Bertz CT molecular complexity index is 600.